The molecule has 24 heavy (non-hydrogen) atoms. The van der Waals surface area contributed by atoms with Gasteiger partial charge in [-0.2, -0.15) is 0 Å². The number of nitrogens with zero attached hydrogens (tertiary/aromatic N) is 1. The summed E-state index contributed by atoms with van der Waals surface area (Å²) >= 11 is 0. The molecule has 0 aliphatic carbocycles. The lowest BCUT2D eigenvalue weighted by molar-refractivity contribution is -0.117. The number of carbonyl (C=O) groups is 1. The van der Waals surface area contributed by atoms with E-state index in [1.807, 2.05) is 31.2 Å². The maximum Gasteiger partial charge on any atom is 0.257 e. The van der Waals surface area contributed by atoms with Crippen LogP contribution < -0.4 is 10.0 Å². The molecule has 0 saturated heterocycles. The topological polar surface area (TPSA) is 80.5 Å². The maximum atomic E-state index is 12.7. The molecule has 0 fully saturated rings. The Morgan fingerprint density at radius 3 is 2.29 bits per heavy atom. The molecule has 0 bridgehead atoms. The highest BCUT2D eigenvalue weighted by atomic mass is 32.2. The van der Waals surface area contributed by atoms with E-state index in [-0.39, 0.29) is 13.0 Å². The molecule has 2 aromatic carbocycles. The van der Waals surface area contributed by atoms with Crippen molar-refractivity contribution in [2.75, 3.05) is 10.8 Å². The van der Waals surface area contributed by atoms with Gasteiger partial charge >= 0.3 is 0 Å². The Kier molecular flexibility index (Phi) is 5.76. The first-order chi connectivity index (χ1) is 11.4. The second-order valence-electron chi connectivity index (χ2n) is 5.38. The van der Waals surface area contributed by atoms with Crippen LogP contribution >= 0.6 is 0 Å². The number of hydrogen-bond donors (Lipinski definition) is 1. The van der Waals surface area contributed by atoms with E-state index in [1.54, 1.807) is 30.3 Å². The second-order valence-corrected chi connectivity index (χ2v) is 7.13. The molecule has 0 saturated carbocycles. The summed E-state index contributed by atoms with van der Waals surface area (Å²) in [7, 11) is -3.73. The van der Waals surface area contributed by atoms with Gasteiger partial charge in [0.25, 0.3) is 10.0 Å². The van der Waals surface area contributed by atoms with Gasteiger partial charge in [-0.3, -0.25) is 9.10 Å². The number of rotatable bonds is 7. The summed E-state index contributed by atoms with van der Waals surface area (Å²) in [4.78, 5) is 11.1. The summed E-state index contributed by atoms with van der Waals surface area (Å²) in [6.07, 6.45) is 1.49. The number of carbonyl (C=O) groups excluding carboxylic acids is 1. The molecule has 0 radical (unpaired) electrons. The fourth-order valence-electron chi connectivity index (χ4n) is 2.12. The van der Waals surface area contributed by atoms with E-state index in [0.717, 1.165) is 16.5 Å². The molecule has 0 aliphatic heterocycles. The minimum absolute atomic E-state index is 0.0000815. The third kappa shape index (κ3) is 4.96. The minimum atomic E-state index is -3.73. The van der Waals surface area contributed by atoms with Gasteiger partial charge in [-0.1, -0.05) is 48.0 Å². The maximum absolute atomic E-state index is 12.7. The summed E-state index contributed by atoms with van der Waals surface area (Å²) in [5, 5.41) is 1.14. The van der Waals surface area contributed by atoms with Crippen LogP contribution in [0.1, 0.15) is 17.5 Å². The molecule has 0 unspecified atom stereocenters. The Bertz CT molecular complexity index is 813. The molecular formula is C18H20N2O3S. The lowest BCUT2D eigenvalue weighted by Gasteiger charge is -2.22. The molecule has 2 aromatic rings. The molecule has 0 heterocycles. The highest BCUT2D eigenvalue weighted by Gasteiger charge is 2.20. The summed E-state index contributed by atoms with van der Waals surface area (Å²) < 4.78 is 26.5. The quantitative estimate of drug-likeness (QED) is 0.838. The van der Waals surface area contributed by atoms with E-state index in [2.05, 4.69) is 0 Å². The van der Waals surface area contributed by atoms with Gasteiger partial charge in [0.15, 0.2) is 0 Å². The fraction of sp³-hybridized carbons (Fsp3) is 0.167. The number of para-hydroxylation sites is 1. The number of anilines is 1. The summed E-state index contributed by atoms with van der Waals surface area (Å²) in [5.74, 6) is -0.548. The Morgan fingerprint density at radius 1 is 1.08 bits per heavy atom. The first-order valence-electron chi connectivity index (χ1n) is 7.49. The Hall–Kier alpha value is -2.60. The number of aryl methyl sites for hydroxylation is 1. The van der Waals surface area contributed by atoms with Gasteiger partial charge in [0, 0.05) is 13.0 Å². The Morgan fingerprint density at radius 2 is 1.71 bits per heavy atom. The number of nitrogens with two attached hydrogens (primary N) is 1. The van der Waals surface area contributed by atoms with Crippen LogP contribution in [0.15, 0.2) is 60.0 Å². The molecule has 0 spiro atoms. The van der Waals surface area contributed by atoms with Crippen molar-refractivity contribution >= 4 is 27.7 Å². The zero-order valence-electron chi connectivity index (χ0n) is 13.4. The molecule has 2 rings (SSSR count). The summed E-state index contributed by atoms with van der Waals surface area (Å²) in [6.45, 7) is 1.96. The molecule has 0 atom stereocenters. The third-order valence-electron chi connectivity index (χ3n) is 3.42. The number of primary amides is 1. The first-order valence-corrected chi connectivity index (χ1v) is 9.00. The van der Waals surface area contributed by atoms with Crippen LogP contribution in [0.2, 0.25) is 0 Å². The average molecular weight is 344 g/mol. The molecule has 1 amide bonds. The van der Waals surface area contributed by atoms with Crippen molar-refractivity contribution in [3.8, 4) is 0 Å². The molecule has 5 nitrogen and oxygen atoms in total. The van der Waals surface area contributed by atoms with E-state index in [9.17, 15) is 13.2 Å². The molecule has 0 aromatic heterocycles. The van der Waals surface area contributed by atoms with Crippen molar-refractivity contribution in [1.29, 1.82) is 0 Å². The van der Waals surface area contributed by atoms with Crippen molar-refractivity contribution in [3.63, 3.8) is 0 Å². The van der Waals surface area contributed by atoms with E-state index in [4.69, 9.17) is 5.73 Å². The molecular weight excluding hydrogens is 324 g/mol. The van der Waals surface area contributed by atoms with Gasteiger partial charge in [0.05, 0.1) is 11.1 Å². The Labute approximate surface area is 142 Å². The predicted octanol–water partition coefficient (Wildman–Crippen LogP) is 2.68. The van der Waals surface area contributed by atoms with Crippen LogP contribution in [0.25, 0.3) is 6.08 Å². The SMILES string of the molecule is Cc1ccc(C=CS(=O)(=O)N(CCC(N)=O)c2ccccc2)cc1. The van der Waals surface area contributed by atoms with Crippen LogP contribution in [0.4, 0.5) is 5.69 Å². The van der Waals surface area contributed by atoms with Gasteiger partial charge in [-0.25, -0.2) is 8.42 Å². The summed E-state index contributed by atoms with van der Waals surface area (Å²) in [6, 6.07) is 16.1. The zero-order chi connectivity index (χ0) is 17.6. The van der Waals surface area contributed by atoms with Gasteiger partial charge < -0.3 is 5.73 Å². The molecule has 2 N–H and O–H groups in total. The van der Waals surface area contributed by atoms with Crippen LogP contribution in [0.5, 0.6) is 0 Å². The highest BCUT2D eigenvalue weighted by molar-refractivity contribution is 7.95. The lowest BCUT2D eigenvalue weighted by atomic mass is 10.2. The fourth-order valence-corrected chi connectivity index (χ4v) is 3.36. The highest BCUT2D eigenvalue weighted by Crippen LogP contribution is 2.19. The van der Waals surface area contributed by atoms with E-state index >= 15 is 0 Å². The van der Waals surface area contributed by atoms with Crippen LogP contribution in [0, 0.1) is 6.92 Å². The minimum Gasteiger partial charge on any atom is -0.370 e. The molecule has 126 valence electrons. The van der Waals surface area contributed by atoms with Crippen molar-refractivity contribution in [2.24, 2.45) is 5.73 Å². The van der Waals surface area contributed by atoms with Crippen molar-refractivity contribution < 1.29 is 13.2 Å². The van der Waals surface area contributed by atoms with Crippen molar-refractivity contribution in [1.82, 2.24) is 0 Å². The lowest BCUT2D eigenvalue weighted by Crippen LogP contribution is -2.32. The average Bonchev–Trinajstić information content (AvgIpc) is 2.55. The molecule has 6 heteroatoms. The van der Waals surface area contributed by atoms with Crippen molar-refractivity contribution in [3.05, 3.63) is 71.1 Å². The van der Waals surface area contributed by atoms with Crippen molar-refractivity contribution in [2.45, 2.75) is 13.3 Å². The first kappa shape index (κ1) is 17.7. The smallest absolute Gasteiger partial charge is 0.257 e. The van der Waals surface area contributed by atoms with Gasteiger partial charge in [-0.15, -0.1) is 0 Å². The zero-order valence-corrected chi connectivity index (χ0v) is 14.2. The largest absolute Gasteiger partial charge is 0.370 e. The van der Waals surface area contributed by atoms with Gasteiger partial charge in [-0.05, 0) is 30.7 Å². The predicted molar refractivity (Wildman–Crippen MR) is 96.7 cm³/mol. The molecule has 0 aliphatic rings. The van der Waals surface area contributed by atoms with Crippen LogP contribution in [0.3, 0.4) is 0 Å². The third-order valence-corrected chi connectivity index (χ3v) is 4.91. The van der Waals surface area contributed by atoms with Gasteiger partial charge in [0.2, 0.25) is 5.91 Å². The summed E-state index contributed by atoms with van der Waals surface area (Å²) in [5.41, 5.74) is 7.54. The number of sulfonamides is 1. The van der Waals surface area contributed by atoms with Crippen LogP contribution in [-0.4, -0.2) is 20.9 Å². The van der Waals surface area contributed by atoms with E-state index in [0.29, 0.717) is 5.69 Å². The van der Waals surface area contributed by atoms with Crippen LogP contribution in [-0.2, 0) is 14.8 Å². The number of benzene rings is 2. The van der Waals surface area contributed by atoms with E-state index < -0.39 is 15.9 Å². The van der Waals surface area contributed by atoms with E-state index in [1.165, 1.54) is 10.4 Å². The standard InChI is InChI=1S/C18H20N2O3S/c1-15-7-9-16(10-8-15)12-14-24(22,23)20(13-11-18(19)21)17-5-3-2-4-6-17/h2-10,12,14H,11,13H2,1H3,(H2,19,21). The van der Waals surface area contributed by atoms with Gasteiger partial charge in [0.1, 0.15) is 0 Å². The number of hydrogen-bond acceptors (Lipinski definition) is 3. The second kappa shape index (κ2) is 7.79. The monoisotopic (exact) mass is 344 g/mol. The Balaban J connectivity index is 2.29. The number of amides is 1. The normalized spacial score (nSPS) is 11.5.